The van der Waals surface area contributed by atoms with Gasteiger partial charge in [-0.25, -0.2) is 4.37 Å². The zero-order valence-corrected chi connectivity index (χ0v) is 16.6. The van der Waals surface area contributed by atoms with Crippen LogP contribution in [0.1, 0.15) is 30.3 Å². The van der Waals surface area contributed by atoms with Crippen LogP contribution in [-0.4, -0.2) is 40.4 Å². The van der Waals surface area contributed by atoms with Crippen LogP contribution in [0.25, 0.3) is 21.8 Å². The number of benzene rings is 1. The standard InChI is InChI=1S/C22H23N3O2S/c1-14-21(15-8-11-25(14)12-9-15)24-22(26)19-6-5-18(27-19)16-3-2-4-17(13-16)20-7-10-23-28-20/h2-7,10,13-15,21H,8-9,11-12H2,1H3,(H,24,26)/t14-,21+/m1/s1. The van der Waals surface area contributed by atoms with E-state index < -0.39 is 0 Å². The highest BCUT2D eigenvalue weighted by atomic mass is 32.1. The number of nitrogens with zero attached hydrogens (tertiary/aromatic N) is 2. The topological polar surface area (TPSA) is 58.4 Å². The van der Waals surface area contributed by atoms with Crippen molar-refractivity contribution in [2.24, 2.45) is 5.92 Å². The van der Waals surface area contributed by atoms with Crippen molar-refractivity contribution in [3.05, 3.63) is 54.4 Å². The zero-order chi connectivity index (χ0) is 19.1. The van der Waals surface area contributed by atoms with Crippen molar-refractivity contribution in [2.75, 3.05) is 13.1 Å². The lowest BCUT2D eigenvalue weighted by Gasteiger charge is -2.49. The lowest BCUT2D eigenvalue weighted by molar-refractivity contribution is 0.0211. The summed E-state index contributed by atoms with van der Waals surface area (Å²) in [5, 5.41) is 3.23. The van der Waals surface area contributed by atoms with E-state index in [0.717, 1.165) is 29.1 Å². The normalized spacial score (nSPS) is 26.3. The van der Waals surface area contributed by atoms with Gasteiger partial charge in [0.2, 0.25) is 0 Å². The van der Waals surface area contributed by atoms with Gasteiger partial charge in [0.25, 0.3) is 5.91 Å². The van der Waals surface area contributed by atoms with E-state index >= 15 is 0 Å². The minimum atomic E-state index is -0.115. The molecular weight excluding hydrogens is 370 g/mol. The fourth-order valence-corrected chi connectivity index (χ4v) is 5.16. The first kappa shape index (κ1) is 17.6. The second-order valence-corrected chi connectivity index (χ2v) is 8.57. The molecule has 3 aliphatic rings. The Hall–Kier alpha value is -2.44. The summed E-state index contributed by atoms with van der Waals surface area (Å²) in [6.45, 7) is 4.52. The van der Waals surface area contributed by atoms with Gasteiger partial charge in [-0.05, 0) is 80.1 Å². The fraction of sp³-hybridized carbons (Fsp3) is 0.364. The number of nitrogens with one attached hydrogen (secondary N) is 1. The van der Waals surface area contributed by atoms with Gasteiger partial charge >= 0.3 is 0 Å². The zero-order valence-electron chi connectivity index (χ0n) is 15.8. The largest absolute Gasteiger partial charge is 0.451 e. The Balaban J connectivity index is 1.34. The van der Waals surface area contributed by atoms with Crippen molar-refractivity contribution < 1.29 is 9.21 Å². The summed E-state index contributed by atoms with van der Waals surface area (Å²) in [5.41, 5.74) is 2.06. The Morgan fingerprint density at radius 2 is 2.00 bits per heavy atom. The molecule has 0 aliphatic carbocycles. The molecule has 5 heterocycles. The van der Waals surface area contributed by atoms with Crippen molar-refractivity contribution in [1.29, 1.82) is 0 Å². The summed E-state index contributed by atoms with van der Waals surface area (Å²) in [6, 6.07) is 14.4. The first-order chi connectivity index (χ1) is 13.7. The molecule has 1 amide bonds. The third kappa shape index (κ3) is 3.16. The molecular formula is C22H23N3O2S. The molecule has 0 saturated carbocycles. The molecule has 0 radical (unpaired) electrons. The Bertz CT molecular complexity index is 971. The van der Waals surface area contributed by atoms with Gasteiger partial charge in [-0.3, -0.25) is 9.69 Å². The van der Waals surface area contributed by atoms with E-state index in [-0.39, 0.29) is 11.9 Å². The molecule has 6 rings (SSSR count). The number of carbonyl (C=O) groups excluding carboxylic acids is 1. The minimum Gasteiger partial charge on any atom is -0.451 e. The van der Waals surface area contributed by atoms with Crippen LogP contribution in [0.4, 0.5) is 0 Å². The number of amides is 1. The molecule has 2 bridgehead atoms. The summed E-state index contributed by atoms with van der Waals surface area (Å²) in [7, 11) is 0. The van der Waals surface area contributed by atoms with E-state index in [9.17, 15) is 4.79 Å². The molecule has 1 N–H and O–H groups in total. The van der Waals surface area contributed by atoms with Gasteiger partial charge in [0, 0.05) is 23.8 Å². The Kier molecular flexibility index (Phi) is 4.53. The van der Waals surface area contributed by atoms with Crippen LogP contribution in [0.3, 0.4) is 0 Å². The Labute approximate surface area is 168 Å². The highest BCUT2D eigenvalue weighted by Gasteiger charge is 2.40. The van der Waals surface area contributed by atoms with Crippen LogP contribution in [0.5, 0.6) is 0 Å². The molecule has 3 aliphatic heterocycles. The lowest BCUT2D eigenvalue weighted by Crippen LogP contribution is -2.62. The summed E-state index contributed by atoms with van der Waals surface area (Å²) in [6.07, 6.45) is 4.14. The molecule has 0 spiro atoms. The molecule has 1 aromatic carbocycles. The molecule has 3 saturated heterocycles. The van der Waals surface area contributed by atoms with Gasteiger partial charge in [0.05, 0.1) is 4.88 Å². The number of carbonyl (C=O) groups is 1. The predicted molar refractivity (Wildman–Crippen MR) is 110 cm³/mol. The number of fused-ring (bicyclic) bond motifs is 3. The molecule has 2 atom stereocenters. The third-order valence-corrected chi connectivity index (χ3v) is 6.97. The first-order valence-corrected chi connectivity index (χ1v) is 10.6. The smallest absolute Gasteiger partial charge is 0.287 e. The average Bonchev–Trinajstić information content (AvgIpc) is 3.43. The summed E-state index contributed by atoms with van der Waals surface area (Å²) < 4.78 is 10.1. The summed E-state index contributed by atoms with van der Waals surface area (Å²) >= 11 is 1.47. The van der Waals surface area contributed by atoms with Crippen LogP contribution >= 0.6 is 11.5 Å². The maximum absolute atomic E-state index is 12.8. The molecule has 2 aromatic heterocycles. The van der Waals surface area contributed by atoms with E-state index in [1.54, 1.807) is 12.3 Å². The molecule has 3 aromatic rings. The summed E-state index contributed by atoms with van der Waals surface area (Å²) in [5.74, 6) is 1.55. The summed E-state index contributed by atoms with van der Waals surface area (Å²) in [4.78, 5) is 16.4. The maximum atomic E-state index is 12.8. The van der Waals surface area contributed by atoms with Gasteiger partial charge in [0.1, 0.15) is 5.76 Å². The monoisotopic (exact) mass is 393 g/mol. The molecule has 144 valence electrons. The Morgan fingerprint density at radius 3 is 2.75 bits per heavy atom. The van der Waals surface area contributed by atoms with Gasteiger partial charge in [-0.2, -0.15) is 0 Å². The van der Waals surface area contributed by atoms with Gasteiger partial charge < -0.3 is 9.73 Å². The predicted octanol–water partition coefficient (Wildman–Crippen LogP) is 4.28. The van der Waals surface area contributed by atoms with E-state index in [1.807, 2.05) is 24.3 Å². The van der Waals surface area contributed by atoms with Crippen LogP contribution in [-0.2, 0) is 0 Å². The fourth-order valence-electron chi connectivity index (χ4n) is 4.57. The number of furan rings is 1. The second-order valence-electron chi connectivity index (χ2n) is 7.73. The number of hydrogen-bond acceptors (Lipinski definition) is 5. The first-order valence-electron chi connectivity index (χ1n) is 9.85. The maximum Gasteiger partial charge on any atom is 0.287 e. The van der Waals surface area contributed by atoms with Gasteiger partial charge in [0.15, 0.2) is 5.76 Å². The molecule has 5 nitrogen and oxygen atoms in total. The van der Waals surface area contributed by atoms with Crippen molar-refractivity contribution in [3.63, 3.8) is 0 Å². The third-order valence-electron chi connectivity index (χ3n) is 6.17. The van der Waals surface area contributed by atoms with E-state index in [1.165, 1.54) is 24.4 Å². The molecule has 28 heavy (non-hydrogen) atoms. The number of aromatic nitrogens is 1. The van der Waals surface area contributed by atoms with Crippen LogP contribution in [0.15, 0.2) is 53.1 Å². The van der Waals surface area contributed by atoms with Crippen molar-refractivity contribution in [2.45, 2.75) is 31.8 Å². The molecule has 3 fully saturated rings. The van der Waals surface area contributed by atoms with Gasteiger partial charge in [-0.15, -0.1) is 0 Å². The highest BCUT2D eigenvalue weighted by molar-refractivity contribution is 7.09. The number of rotatable bonds is 4. The molecule has 0 unspecified atom stereocenters. The van der Waals surface area contributed by atoms with E-state index in [0.29, 0.717) is 23.5 Å². The second kappa shape index (κ2) is 7.18. The average molecular weight is 394 g/mol. The van der Waals surface area contributed by atoms with Crippen LogP contribution < -0.4 is 5.32 Å². The minimum absolute atomic E-state index is 0.115. The number of hydrogen-bond donors (Lipinski definition) is 1. The Morgan fingerprint density at radius 1 is 1.18 bits per heavy atom. The van der Waals surface area contributed by atoms with E-state index in [4.69, 9.17) is 4.42 Å². The lowest BCUT2D eigenvalue weighted by atomic mass is 9.79. The van der Waals surface area contributed by atoms with Crippen molar-refractivity contribution >= 4 is 17.4 Å². The van der Waals surface area contributed by atoms with E-state index in [2.05, 4.69) is 33.6 Å². The number of piperidine rings is 3. The SMILES string of the molecule is C[C@@H]1[C@H](NC(=O)c2ccc(-c3cccc(-c4ccns4)c3)o2)C2CCN1CC2. The van der Waals surface area contributed by atoms with Crippen molar-refractivity contribution in [1.82, 2.24) is 14.6 Å². The molecule has 6 heteroatoms. The van der Waals surface area contributed by atoms with Crippen LogP contribution in [0.2, 0.25) is 0 Å². The quantitative estimate of drug-likeness (QED) is 0.719. The highest BCUT2D eigenvalue weighted by Crippen LogP contribution is 2.33. The van der Waals surface area contributed by atoms with Gasteiger partial charge in [-0.1, -0.05) is 18.2 Å². The van der Waals surface area contributed by atoms with Crippen molar-refractivity contribution in [3.8, 4) is 21.8 Å². The van der Waals surface area contributed by atoms with Crippen LogP contribution in [0, 0.1) is 5.92 Å².